The van der Waals surface area contributed by atoms with Crippen LogP contribution >= 0.6 is 0 Å². The van der Waals surface area contributed by atoms with Crippen molar-refractivity contribution >= 4 is 34.0 Å². The second-order valence-corrected chi connectivity index (χ2v) is 6.93. The van der Waals surface area contributed by atoms with E-state index in [4.69, 9.17) is 4.74 Å². The molecule has 1 N–H and O–H groups in total. The highest BCUT2D eigenvalue weighted by molar-refractivity contribution is 6.36. The largest absolute Gasteiger partial charge is 0.508 e. The Morgan fingerprint density at radius 1 is 0.857 bits per heavy atom. The highest BCUT2D eigenvalue weighted by atomic mass is 16.5. The topological polar surface area (TPSA) is 70.1 Å². The number of anilines is 2. The highest BCUT2D eigenvalue weighted by Crippen LogP contribution is 2.38. The monoisotopic (exact) mass is 374 g/mol. The number of amides is 2. The molecule has 0 unspecified atom stereocenters. The van der Waals surface area contributed by atoms with Crippen molar-refractivity contribution < 1.29 is 19.4 Å². The van der Waals surface area contributed by atoms with Crippen molar-refractivity contribution in [2.75, 3.05) is 36.1 Å². The summed E-state index contributed by atoms with van der Waals surface area (Å²) in [5.74, 6) is -0.759. The number of carbonyl (C=O) groups is 2. The number of benzene rings is 3. The van der Waals surface area contributed by atoms with Crippen LogP contribution in [0.3, 0.4) is 0 Å². The zero-order chi connectivity index (χ0) is 19.3. The molecule has 0 bridgehead atoms. The lowest BCUT2D eigenvalue weighted by molar-refractivity contribution is 0.0893. The van der Waals surface area contributed by atoms with Crippen molar-refractivity contribution in [1.82, 2.24) is 0 Å². The molecule has 0 aliphatic carbocycles. The van der Waals surface area contributed by atoms with E-state index < -0.39 is 0 Å². The minimum atomic E-state index is -0.382. The zero-order valence-corrected chi connectivity index (χ0v) is 15.1. The van der Waals surface area contributed by atoms with E-state index >= 15 is 0 Å². The smallest absolute Gasteiger partial charge is 0.265 e. The second-order valence-electron chi connectivity index (χ2n) is 6.93. The fourth-order valence-electron chi connectivity index (χ4n) is 4.03. The number of phenols is 1. The van der Waals surface area contributed by atoms with Gasteiger partial charge in [0, 0.05) is 46.7 Å². The molecule has 0 atom stereocenters. The molecule has 0 aromatic heterocycles. The summed E-state index contributed by atoms with van der Waals surface area (Å²) < 4.78 is 5.44. The molecular weight excluding hydrogens is 356 g/mol. The minimum Gasteiger partial charge on any atom is -0.508 e. The average molecular weight is 374 g/mol. The van der Waals surface area contributed by atoms with Gasteiger partial charge in [-0.15, -0.1) is 0 Å². The van der Waals surface area contributed by atoms with Gasteiger partial charge in [-0.1, -0.05) is 18.2 Å². The number of rotatable bonds is 2. The molecule has 0 saturated carbocycles. The van der Waals surface area contributed by atoms with Crippen molar-refractivity contribution in [3.05, 3.63) is 65.7 Å². The normalized spacial score (nSPS) is 16.7. The van der Waals surface area contributed by atoms with Gasteiger partial charge in [-0.25, -0.2) is 4.90 Å². The lowest BCUT2D eigenvalue weighted by Gasteiger charge is -2.32. The lowest BCUT2D eigenvalue weighted by atomic mass is 9.92. The highest BCUT2D eigenvalue weighted by Gasteiger charge is 2.35. The third-order valence-electron chi connectivity index (χ3n) is 5.32. The van der Waals surface area contributed by atoms with Crippen LogP contribution in [0.25, 0.3) is 10.8 Å². The van der Waals surface area contributed by atoms with Gasteiger partial charge in [0.1, 0.15) is 5.75 Å². The maximum atomic E-state index is 13.2. The summed E-state index contributed by atoms with van der Waals surface area (Å²) in [7, 11) is 0. The molecule has 140 valence electrons. The molecule has 3 aromatic carbocycles. The zero-order valence-electron chi connectivity index (χ0n) is 15.1. The predicted octanol–water partition coefficient (Wildman–Crippen LogP) is 3.18. The Morgan fingerprint density at radius 2 is 1.57 bits per heavy atom. The van der Waals surface area contributed by atoms with Crippen LogP contribution in [0.2, 0.25) is 0 Å². The maximum absolute atomic E-state index is 13.2. The number of ether oxygens (including phenoxy) is 1. The third-order valence-corrected chi connectivity index (χ3v) is 5.32. The molecule has 2 aliphatic heterocycles. The molecule has 3 aromatic rings. The van der Waals surface area contributed by atoms with Gasteiger partial charge in [-0.05, 0) is 30.3 Å². The molecule has 5 rings (SSSR count). The third kappa shape index (κ3) is 2.46. The van der Waals surface area contributed by atoms with Crippen molar-refractivity contribution in [2.45, 2.75) is 0 Å². The summed E-state index contributed by atoms with van der Waals surface area (Å²) >= 11 is 0. The fourth-order valence-corrected chi connectivity index (χ4v) is 4.03. The average Bonchev–Trinajstić information content (AvgIpc) is 2.72. The molecule has 0 spiro atoms. The summed E-state index contributed by atoms with van der Waals surface area (Å²) in [5.41, 5.74) is 2.35. The van der Waals surface area contributed by atoms with Crippen LogP contribution in [0.1, 0.15) is 20.7 Å². The first-order valence-corrected chi connectivity index (χ1v) is 9.21. The van der Waals surface area contributed by atoms with Crippen molar-refractivity contribution in [2.24, 2.45) is 0 Å². The summed E-state index contributed by atoms with van der Waals surface area (Å²) in [6, 6.07) is 15.5. The standard InChI is InChI=1S/C22H18N2O4/c25-15-4-1-3-14(13-15)24-21(26)17-6-2-5-16-19(23-9-11-28-12-10-23)8-7-18(20(16)17)22(24)27/h1-8,13,25H,9-12H2. The van der Waals surface area contributed by atoms with E-state index in [1.807, 2.05) is 18.2 Å². The Bertz CT molecular complexity index is 1100. The molecule has 0 radical (unpaired) electrons. The van der Waals surface area contributed by atoms with Crippen molar-refractivity contribution in [3.63, 3.8) is 0 Å². The molecule has 2 heterocycles. The van der Waals surface area contributed by atoms with E-state index in [1.54, 1.807) is 24.3 Å². The van der Waals surface area contributed by atoms with E-state index in [0.717, 1.165) is 29.1 Å². The fraction of sp³-hybridized carbons (Fsp3) is 0.182. The van der Waals surface area contributed by atoms with E-state index in [0.29, 0.717) is 35.4 Å². The number of phenolic OH excluding ortho intramolecular Hbond substituents is 1. The van der Waals surface area contributed by atoms with Gasteiger partial charge in [0.05, 0.1) is 18.9 Å². The molecular formula is C22H18N2O4. The Hall–Kier alpha value is -3.38. The Morgan fingerprint density at radius 3 is 2.32 bits per heavy atom. The Balaban J connectivity index is 1.69. The number of hydrogen-bond acceptors (Lipinski definition) is 5. The van der Waals surface area contributed by atoms with E-state index in [9.17, 15) is 14.7 Å². The first-order valence-electron chi connectivity index (χ1n) is 9.21. The summed E-state index contributed by atoms with van der Waals surface area (Å²) in [6.07, 6.45) is 0. The first kappa shape index (κ1) is 16.8. The van der Waals surface area contributed by atoms with Gasteiger partial charge in [-0.2, -0.15) is 0 Å². The second kappa shape index (κ2) is 6.35. The van der Waals surface area contributed by atoms with Crippen molar-refractivity contribution in [1.29, 1.82) is 0 Å². The summed E-state index contributed by atoms with van der Waals surface area (Å²) in [4.78, 5) is 29.8. The number of hydrogen-bond donors (Lipinski definition) is 1. The predicted molar refractivity (Wildman–Crippen MR) is 106 cm³/mol. The van der Waals surface area contributed by atoms with Crippen LogP contribution in [-0.2, 0) is 4.74 Å². The van der Waals surface area contributed by atoms with Crippen LogP contribution in [-0.4, -0.2) is 43.2 Å². The molecule has 1 fully saturated rings. The van der Waals surface area contributed by atoms with Crippen LogP contribution in [0, 0.1) is 0 Å². The van der Waals surface area contributed by atoms with Crippen LogP contribution < -0.4 is 9.80 Å². The van der Waals surface area contributed by atoms with Gasteiger partial charge in [0.25, 0.3) is 11.8 Å². The number of imide groups is 1. The van der Waals surface area contributed by atoms with Crippen LogP contribution in [0.4, 0.5) is 11.4 Å². The Kier molecular flexibility index (Phi) is 3.80. The molecule has 28 heavy (non-hydrogen) atoms. The van der Waals surface area contributed by atoms with Crippen LogP contribution in [0.5, 0.6) is 5.75 Å². The lowest BCUT2D eigenvalue weighted by Crippen LogP contribution is -2.41. The number of carbonyl (C=O) groups excluding carboxylic acids is 2. The number of aromatic hydroxyl groups is 1. The molecule has 2 amide bonds. The van der Waals surface area contributed by atoms with Gasteiger partial charge < -0.3 is 14.7 Å². The van der Waals surface area contributed by atoms with E-state index in [2.05, 4.69) is 4.90 Å². The Labute approximate surface area is 161 Å². The summed E-state index contributed by atoms with van der Waals surface area (Å²) in [6.45, 7) is 2.87. The maximum Gasteiger partial charge on any atom is 0.265 e. The number of morpholine rings is 1. The first-order chi connectivity index (χ1) is 13.6. The SMILES string of the molecule is O=C1c2cccc3c(N4CCOCC4)ccc(c23)C(=O)N1c1cccc(O)c1. The van der Waals surface area contributed by atoms with Gasteiger partial charge in [0.2, 0.25) is 0 Å². The quantitative estimate of drug-likeness (QED) is 0.698. The van der Waals surface area contributed by atoms with Gasteiger partial charge >= 0.3 is 0 Å². The summed E-state index contributed by atoms with van der Waals surface area (Å²) in [5, 5.41) is 11.4. The van der Waals surface area contributed by atoms with E-state index in [1.165, 1.54) is 12.1 Å². The number of nitrogens with zero attached hydrogens (tertiary/aromatic N) is 2. The molecule has 1 saturated heterocycles. The van der Waals surface area contributed by atoms with E-state index in [-0.39, 0.29) is 17.6 Å². The van der Waals surface area contributed by atoms with Crippen molar-refractivity contribution in [3.8, 4) is 5.75 Å². The van der Waals surface area contributed by atoms with Gasteiger partial charge in [-0.3, -0.25) is 9.59 Å². The molecule has 6 nitrogen and oxygen atoms in total. The molecule has 6 heteroatoms. The van der Waals surface area contributed by atoms with Crippen LogP contribution in [0.15, 0.2) is 54.6 Å². The molecule has 2 aliphatic rings. The van der Waals surface area contributed by atoms with Gasteiger partial charge in [0.15, 0.2) is 0 Å². The minimum absolute atomic E-state index is 0.00442.